The van der Waals surface area contributed by atoms with Crippen LogP contribution in [-0.4, -0.2) is 41.0 Å². The molecule has 0 saturated carbocycles. The number of hydrogen-bond acceptors (Lipinski definition) is 7. The van der Waals surface area contributed by atoms with Crippen LogP contribution in [-0.2, 0) is 16.1 Å². The summed E-state index contributed by atoms with van der Waals surface area (Å²) in [4.78, 5) is 29.6. The van der Waals surface area contributed by atoms with E-state index in [4.69, 9.17) is 14.3 Å². The van der Waals surface area contributed by atoms with Crippen LogP contribution in [0.15, 0.2) is 94.9 Å². The first-order chi connectivity index (χ1) is 19.6. The molecule has 8 nitrogen and oxygen atoms in total. The Balaban J connectivity index is 1.51. The maximum Gasteiger partial charge on any atom is 0.240 e. The number of rotatable bonds is 8. The first-order valence-electron chi connectivity index (χ1n) is 12.7. The molecule has 1 aliphatic heterocycles. The van der Waals surface area contributed by atoms with E-state index in [9.17, 15) is 9.59 Å². The predicted molar refractivity (Wildman–Crippen MR) is 157 cm³/mol. The Kier molecular flexibility index (Phi) is 7.43. The molecule has 0 fully saturated rings. The van der Waals surface area contributed by atoms with Gasteiger partial charge in [0.15, 0.2) is 0 Å². The van der Waals surface area contributed by atoms with Crippen molar-refractivity contribution in [3.8, 4) is 22.7 Å². The van der Waals surface area contributed by atoms with Gasteiger partial charge in [0.1, 0.15) is 23.9 Å². The number of carbonyl (C=O) groups excluding carboxylic acids is 2. The number of furan rings is 1. The minimum absolute atomic E-state index is 0.141. The van der Waals surface area contributed by atoms with Gasteiger partial charge in [-0.2, -0.15) is 5.10 Å². The number of aromatic nitrogens is 2. The molecule has 0 spiro atoms. The van der Waals surface area contributed by atoms with Crippen LogP contribution in [0.1, 0.15) is 21.5 Å². The van der Waals surface area contributed by atoms with Crippen LogP contribution in [0.2, 0.25) is 0 Å². The van der Waals surface area contributed by atoms with Crippen LogP contribution in [0.4, 0.5) is 5.82 Å². The van der Waals surface area contributed by atoms with Gasteiger partial charge in [-0.1, -0.05) is 36.4 Å². The molecule has 4 heterocycles. The first kappa shape index (κ1) is 26.0. The summed E-state index contributed by atoms with van der Waals surface area (Å²) in [5.41, 5.74) is 3.36. The summed E-state index contributed by atoms with van der Waals surface area (Å²) >= 11 is 3.20. The average molecular weight is 571 g/mol. The van der Waals surface area contributed by atoms with Crippen molar-refractivity contribution in [3.63, 3.8) is 0 Å². The molecule has 0 saturated heterocycles. The molecule has 0 bridgehead atoms. The number of thiophene rings is 1. The van der Waals surface area contributed by atoms with E-state index < -0.39 is 0 Å². The fraction of sp³-hybridized carbons (Fsp3) is 0.167. The van der Waals surface area contributed by atoms with Crippen LogP contribution >= 0.6 is 23.1 Å². The highest BCUT2D eigenvalue weighted by molar-refractivity contribution is 8.00. The molecule has 1 aliphatic rings. The molecule has 1 atom stereocenters. The number of nitrogens with zero attached hydrogens (tertiary/aromatic N) is 3. The number of ether oxygens (including phenoxy) is 1. The van der Waals surface area contributed by atoms with Crippen molar-refractivity contribution in [2.45, 2.75) is 11.8 Å². The topological polar surface area (TPSA) is 89.6 Å². The van der Waals surface area contributed by atoms with Crippen molar-refractivity contribution in [2.24, 2.45) is 0 Å². The monoisotopic (exact) mass is 570 g/mol. The normalized spacial score (nSPS) is 15.0. The van der Waals surface area contributed by atoms with E-state index in [1.807, 2.05) is 66.0 Å². The van der Waals surface area contributed by atoms with E-state index in [0.29, 0.717) is 17.3 Å². The molecule has 2 aromatic carbocycles. The second-order valence-corrected chi connectivity index (χ2v) is 11.2. The molecule has 3 aromatic heterocycles. The summed E-state index contributed by atoms with van der Waals surface area (Å²) in [6.07, 6.45) is 1.56. The lowest BCUT2D eigenvalue weighted by Crippen LogP contribution is -2.42. The number of nitrogens with one attached hydrogen (secondary N) is 1. The predicted octanol–water partition coefficient (Wildman–Crippen LogP) is 5.69. The van der Waals surface area contributed by atoms with E-state index in [0.717, 1.165) is 27.4 Å². The van der Waals surface area contributed by atoms with Crippen LogP contribution < -0.4 is 15.0 Å². The minimum atomic E-state index is -0.293. The number of methoxy groups -OCH3 is 1. The van der Waals surface area contributed by atoms with Crippen LogP contribution in [0.5, 0.6) is 5.75 Å². The minimum Gasteiger partial charge on any atom is -0.497 e. The molecule has 40 heavy (non-hydrogen) atoms. The molecule has 2 amide bonds. The maximum absolute atomic E-state index is 13.7. The van der Waals surface area contributed by atoms with E-state index in [1.165, 1.54) is 0 Å². The summed E-state index contributed by atoms with van der Waals surface area (Å²) in [6.45, 7) is 0.0840. The van der Waals surface area contributed by atoms with E-state index in [-0.39, 0.29) is 35.9 Å². The summed E-state index contributed by atoms with van der Waals surface area (Å²) < 4.78 is 12.5. The van der Waals surface area contributed by atoms with Gasteiger partial charge in [-0.15, -0.1) is 23.1 Å². The molecule has 6 rings (SSSR count). The third kappa shape index (κ3) is 5.15. The number of anilines is 1. The van der Waals surface area contributed by atoms with Crippen molar-refractivity contribution in [1.82, 2.24) is 15.1 Å². The Bertz CT molecular complexity index is 1600. The van der Waals surface area contributed by atoms with Gasteiger partial charge in [-0.3, -0.25) is 14.5 Å². The summed E-state index contributed by atoms with van der Waals surface area (Å²) in [5, 5.41) is 9.87. The zero-order valence-corrected chi connectivity index (χ0v) is 23.3. The molecule has 202 valence electrons. The lowest BCUT2D eigenvalue weighted by molar-refractivity contribution is -0.123. The second-order valence-electron chi connectivity index (χ2n) is 9.10. The Morgan fingerprint density at radius 2 is 1.90 bits per heavy atom. The number of amides is 2. The number of hydrogen-bond donors (Lipinski definition) is 1. The third-order valence-corrected chi connectivity index (χ3v) is 8.92. The van der Waals surface area contributed by atoms with Crippen LogP contribution in [0.3, 0.4) is 0 Å². The number of thioether (sulfide) groups is 1. The lowest BCUT2D eigenvalue weighted by atomic mass is 10.0. The van der Waals surface area contributed by atoms with E-state index in [1.54, 1.807) is 58.2 Å². The van der Waals surface area contributed by atoms with E-state index in [2.05, 4.69) is 11.4 Å². The average Bonchev–Trinajstić information content (AvgIpc) is 3.77. The molecule has 1 N–H and O–H groups in total. The fourth-order valence-corrected chi connectivity index (χ4v) is 6.87. The lowest BCUT2D eigenvalue weighted by Gasteiger charge is -2.23. The smallest absolute Gasteiger partial charge is 0.240 e. The zero-order valence-electron chi connectivity index (χ0n) is 21.7. The molecule has 5 aromatic rings. The molecule has 0 radical (unpaired) electrons. The number of fused-ring (bicyclic) bond motifs is 1. The first-order valence-corrected chi connectivity index (χ1v) is 14.6. The Morgan fingerprint density at radius 3 is 2.60 bits per heavy atom. The maximum atomic E-state index is 13.7. The molecule has 0 aliphatic carbocycles. The molecule has 10 heteroatoms. The van der Waals surface area contributed by atoms with Crippen LogP contribution in [0.25, 0.3) is 16.9 Å². The Hall–Kier alpha value is -4.28. The van der Waals surface area contributed by atoms with Gasteiger partial charge in [0.05, 0.1) is 42.3 Å². The highest BCUT2D eigenvalue weighted by Gasteiger charge is 2.38. The van der Waals surface area contributed by atoms with Gasteiger partial charge >= 0.3 is 0 Å². The number of benzene rings is 2. The quantitative estimate of drug-likeness (QED) is 0.258. The van der Waals surface area contributed by atoms with Gasteiger partial charge in [0, 0.05) is 16.0 Å². The number of carbonyl (C=O) groups is 2. The summed E-state index contributed by atoms with van der Waals surface area (Å²) in [7, 11) is 1.62. The van der Waals surface area contributed by atoms with Crippen molar-refractivity contribution in [2.75, 3.05) is 24.3 Å². The fourth-order valence-electron chi connectivity index (χ4n) is 4.70. The third-order valence-electron chi connectivity index (χ3n) is 6.60. The van der Waals surface area contributed by atoms with Gasteiger partial charge in [0.2, 0.25) is 11.8 Å². The van der Waals surface area contributed by atoms with Crippen molar-refractivity contribution >= 4 is 40.7 Å². The highest BCUT2D eigenvalue weighted by atomic mass is 32.2. The Labute approximate surface area is 239 Å². The Morgan fingerprint density at radius 1 is 1.07 bits per heavy atom. The van der Waals surface area contributed by atoms with Gasteiger partial charge in [0.25, 0.3) is 0 Å². The van der Waals surface area contributed by atoms with E-state index >= 15 is 0 Å². The zero-order chi connectivity index (χ0) is 27.5. The molecular formula is C30H26N4O4S2. The largest absolute Gasteiger partial charge is 0.497 e. The van der Waals surface area contributed by atoms with Crippen molar-refractivity contribution < 1.29 is 18.7 Å². The highest BCUT2D eigenvalue weighted by Crippen LogP contribution is 2.49. The van der Waals surface area contributed by atoms with Gasteiger partial charge < -0.3 is 14.5 Å². The summed E-state index contributed by atoms with van der Waals surface area (Å²) in [5.74, 6) is 1.71. The van der Waals surface area contributed by atoms with Gasteiger partial charge in [-0.25, -0.2) is 4.68 Å². The standard InChI is InChI=1S/C30H26N4O4S2/c1-37-22-13-11-21(12-14-22)34-30-27(28(32-34)20-7-3-2-4-8-20)29(24-10-6-16-39-24)40-19-26(36)33(30)18-25(35)31-17-23-9-5-15-38-23/h2-16,29H,17-19H2,1H3,(H,31,35)/t29-/m1/s1. The molecular weight excluding hydrogens is 544 g/mol. The summed E-state index contributed by atoms with van der Waals surface area (Å²) in [6, 6.07) is 25.1. The van der Waals surface area contributed by atoms with Crippen LogP contribution in [0, 0.1) is 0 Å². The second kappa shape index (κ2) is 11.4. The van der Waals surface area contributed by atoms with Gasteiger partial charge in [-0.05, 0) is 47.8 Å². The van der Waals surface area contributed by atoms with Crippen molar-refractivity contribution in [1.29, 1.82) is 0 Å². The molecule has 0 unspecified atom stereocenters. The SMILES string of the molecule is COc1ccc(-n2nc(-c3ccccc3)c3c2N(CC(=O)NCc2ccco2)C(=O)CS[C@@H]3c2cccs2)cc1. The van der Waals surface area contributed by atoms with Crippen molar-refractivity contribution in [3.05, 3.63) is 107 Å².